The molecule has 51 heavy (non-hydrogen) atoms. The number of aromatic nitrogens is 1. The Hall–Kier alpha value is -5.51. The predicted octanol–water partition coefficient (Wildman–Crippen LogP) is -0.449. The standard InChI is InChI=1S/C35H45N7O9/c1-21(2)25-14-33(48)42(35(25)50)28-11-10-24(15-36-28)13-29(44)37-16-30(45)38-18-32(47)41-26(12-23-8-6-5-7-9-23)34(49)39-17-31(46)40-20-51-19-27(43)22(3)4/h5-11,15,21-22,25-26H,12-14,16-20H2,1-4H3,(H,37,44)(H,38,45)(H,39,49)(H,40,46)(H,41,47)/t25?,26-/m0/s1. The Labute approximate surface area is 295 Å². The zero-order valence-corrected chi connectivity index (χ0v) is 29.2. The Kier molecular flexibility index (Phi) is 15.4. The van der Waals surface area contributed by atoms with E-state index < -0.39 is 61.1 Å². The summed E-state index contributed by atoms with van der Waals surface area (Å²) in [6.07, 6.45) is 1.47. The number of carbonyl (C=O) groups is 8. The molecule has 7 amide bonds. The molecule has 2 atom stereocenters. The van der Waals surface area contributed by atoms with E-state index in [0.29, 0.717) is 5.56 Å². The molecule has 1 fully saturated rings. The van der Waals surface area contributed by atoms with Crippen LogP contribution < -0.4 is 31.5 Å². The summed E-state index contributed by atoms with van der Waals surface area (Å²) < 4.78 is 5.12. The van der Waals surface area contributed by atoms with E-state index in [9.17, 15) is 38.4 Å². The van der Waals surface area contributed by atoms with Gasteiger partial charge in [-0.3, -0.25) is 38.4 Å². The highest BCUT2D eigenvalue weighted by molar-refractivity contribution is 6.20. The smallest absolute Gasteiger partial charge is 0.243 e. The summed E-state index contributed by atoms with van der Waals surface area (Å²) in [6, 6.07) is 10.8. The number of imide groups is 1. The van der Waals surface area contributed by atoms with Gasteiger partial charge in [0.15, 0.2) is 5.78 Å². The number of nitrogens with one attached hydrogen (secondary N) is 5. The SMILES string of the molecule is CC(C)C(=O)COCNC(=O)CNC(=O)[C@H](Cc1ccccc1)NC(=O)CNC(=O)CNC(=O)Cc1ccc(N2C(=O)CC(C(C)C)C2=O)nc1. The van der Waals surface area contributed by atoms with Gasteiger partial charge in [0.1, 0.15) is 25.2 Å². The van der Waals surface area contributed by atoms with Crippen LogP contribution >= 0.6 is 0 Å². The number of rotatable bonds is 19. The van der Waals surface area contributed by atoms with Crippen molar-refractivity contribution in [2.75, 3.05) is 37.9 Å². The third-order valence-electron chi connectivity index (χ3n) is 7.90. The van der Waals surface area contributed by atoms with Gasteiger partial charge in [-0.1, -0.05) is 64.1 Å². The van der Waals surface area contributed by atoms with Crippen molar-refractivity contribution in [3.63, 3.8) is 0 Å². The number of nitrogens with zero attached hydrogens (tertiary/aromatic N) is 2. The van der Waals surface area contributed by atoms with Gasteiger partial charge in [-0.25, -0.2) is 9.88 Å². The van der Waals surface area contributed by atoms with Crippen molar-refractivity contribution in [3.05, 3.63) is 59.8 Å². The van der Waals surface area contributed by atoms with E-state index >= 15 is 0 Å². The fourth-order valence-corrected chi connectivity index (χ4v) is 4.85. The van der Waals surface area contributed by atoms with E-state index in [1.165, 1.54) is 12.3 Å². The number of carbonyl (C=O) groups excluding carboxylic acids is 8. The minimum Gasteiger partial charge on any atom is -0.353 e. The molecule has 0 spiro atoms. The van der Waals surface area contributed by atoms with Gasteiger partial charge >= 0.3 is 0 Å². The van der Waals surface area contributed by atoms with Crippen LogP contribution in [0.3, 0.4) is 0 Å². The topological polar surface area (TPSA) is 222 Å². The van der Waals surface area contributed by atoms with Crippen LogP contribution in [0.5, 0.6) is 0 Å². The highest BCUT2D eigenvalue weighted by atomic mass is 16.5. The van der Waals surface area contributed by atoms with Crippen LogP contribution in [-0.2, 0) is 55.9 Å². The van der Waals surface area contributed by atoms with Crippen molar-refractivity contribution in [1.82, 2.24) is 31.6 Å². The molecule has 16 heteroatoms. The first kappa shape index (κ1) is 39.9. The lowest BCUT2D eigenvalue weighted by atomic mass is 9.94. The van der Waals surface area contributed by atoms with Crippen LogP contribution in [0.2, 0.25) is 0 Å². The van der Waals surface area contributed by atoms with E-state index in [2.05, 4.69) is 31.6 Å². The van der Waals surface area contributed by atoms with Gasteiger partial charge < -0.3 is 31.3 Å². The molecule has 1 unspecified atom stereocenters. The molecule has 0 bridgehead atoms. The lowest BCUT2D eigenvalue weighted by Gasteiger charge is -2.19. The minimum absolute atomic E-state index is 0.0114. The number of ether oxygens (including phenoxy) is 1. The molecular weight excluding hydrogens is 662 g/mol. The van der Waals surface area contributed by atoms with Gasteiger partial charge in [0.2, 0.25) is 41.4 Å². The normalized spacial score (nSPS) is 14.6. The maximum atomic E-state index is 12.9. The fraction of sp³-hybridized carbons (Fsp3) is 0.457. The highest BCUT2D eigenvalue weighted by Gasteiger charge is 2.41. The molecule has 1 aliphatic heterocycles. The summed E-state index contributed by atoms with van der Waals surface area (Å²) in [7, 11) is 0. The number of hydrogen-bond donors (Lipinski definition) is 5. The molecule has 5 N–H and O–H groups in total. The number of hydrogen-bond acceptors (Lipinski definition) is 10. The molecule has 1 saturated heterocycles. The molecule has 1 aliphatic rings. The van der Waals surface area contributed by atoms with Crippen LogP contribution in [0.15, 0.2) is 48.7 Å². The van der Waals surface area contributed by atoms with Crippen molar-refractivity contribution in [2.24, 2.45) is 17.8 Å². The monoisotopic (exact) mass is 707 g/mol. The first-order chi connectivity index (χ1) is 24.2. The Morgan fingerprint density at radius 1 is 0.804 bits per heavy atom. The summed E-state index contributed by atoms with van der Waals surface area (Å²) in [5.74, 6) is -4.21. The van der Waals surface area contributed by atoms with Crippen LogP contribution in [0.4, 0.5) is 5.82 Å². The molecule has 1 aromatic heterocycles. The van der Waals surface area contributed by atoms with Gasteiger partial charge in [-0.15, -0.1) is 0 Å². The maximum absolute atomic E-state index is 12.9. The van der Waals surface area contributed by atoms with Crippen LogP contribution in [0.1, 0.15) is 45.2 Å². The number of ketones is 1. The summed E-state index contributed by atoms with van der Waals surface area (Å²) in [5, 5.41) is 12.3. The fourth-order valence-electron chi connectivity index (χ4n) is 4.85. The summed E-state index contributed by atoms with van der Waals surface area (Å²) in [6.45, 7) is 5.52. The second-order valence-corrected chi connectivity index (χ2v) is 12.6. The van der Waals surface area contributed by atoms with Gasteiger partial charge in [0, 0.05) is 25.0 Å². The van der Waals surface area contributed by atoms with Crippen molar-refractivity contribution < 1.29 is 43.1 Å². The van der Waals surface area contributed by atoms with Crippen molar-refractivity contribution in [3.8, 4) is 0 Å². The molecule has 1 aromatic carbocycles. The van der Waals surface area contributed by atoms with Crippen molar-refractivity contribution in [2.45, 2.75) is 53.0 Å². The predicted molar refractivity (Wildman–Crippen MR) is 183 cm³/mol. The second-order valence-electron chi connectivity index (χ2n) is 12.6. The van der Waals surface area contributed by atoms with E-state index in [1.54, 1.807) is 50.2 Å². The quantitative estimate of drug-likeness (QED) is 0.0719. The Balaban J connectivity index is 1.42. The van der Waals surface area contributed by atoms with E-state index in [0.717, 1.165) is 10.5 Å². The third kappa shape index (κ3) is 13.0. The van der Waals surface area contributed by atoms with Crippen LogP contribution in [0, 0.1) is 17.8 Å². The lowest BCUT2D eigenvalue weighted by Crippen LogP contribution is -2.52. The summed E-state index contributed by atoms with van der Waals surface area (Å²) >= 11 is 0. The van der Waals surface area contributed by atoms with Gasteiger partial charge in [-0.05, 0) is 23.1 Å². The van der Waals surface area contributed by atoms with Crippen molar-refractivity contribution >= 4 is 53.0 Å². The Morgan fingerprint density at radius 3 is 2.08 bits per heavy atom. The number of benzene rings is 1. The lowest BCUT2D eigenvalue weighted by molar-refractivity contribution is -0.131. The van der Waals surface area contributed by atoms with Gasteiger partial charge in [-0.2, -0.15) is 0 Å². The molecule has 2 heterocycles. The zero-order chi connectivity index (χ0) is 37.5. The average molecular weight is 708 g/mol. The number of pyridine rings is 1. The summed E-state index contributed by atoms with van der Waals surface area (Å²) in [5.41, 5.74) is 1.22. The first-order valence-corrected chi connectivity index (χ1v) is 16.6. The molecule has 0 saturated carbocycles. The summed E-state index contributed by atoms with van der Waals surface area (Å²) in [4.78, 5) is 104. The first-order valence-electron chi connectivity index (χ1n) is 16.6. The second kappa shape index (κ2) is 19.6. The van der Waals surface area contributed by atoms with Gasteiger partial charge in [0.05, 0.1) is 32.0 Å². The molecule has 0 radical (unpaired) electrons. The number of Topliss-reactive ketones (excluding diaryl/α,β-unsaturated/α-hetero) is 1. The third-order valence-corrected chi connectivity index (χ3v) is 7.90. The van der Waals surface area contributed by atoms with Gasteiger partial charge in [0.25, 0.3) is 0 Å². The zero-order valence-electron chi connectivity index (χ0n) is 29.2. The molecule has 2 aromatic rings. The number of amides is 7. The highest BCUT2D eigenvalue weighted by Crippen LogP contribution is 2.29. The number of anilines is 1. The minimum atomic E-state index is -1.08. The van der Waals surface area contributed by atoms with Crippen LogP contribution in [0.25, 0.3) is 0 Å². The largest absolute Gasteiger partial charge is 0.353 e. The average Bonchev–Trinajstić information content (AvgIpc) is 3.40. The van der Waals surface area contributed by atoms with E-state index in [4.69, 9.17) is 4.74 Å². The molecule has 3 rings (SSSR count). The van der Waals surface area contributed by atoms with Crippen molar-refractivity contribution in [1.29, 1.82) is 0 Å². The molecule has 16 nitrogen and oxygen atoms in total. The molecule has 0 aliphatic carbocycles. The van der Waals surface area contributed by atoms with E-state index in [-0.39, 0.29) is 67.9 Å². The Morgan fingerprint density at radius 2 is 1.45 bits per heavy atom. The maximum Gasteiger partial charge on any atom is 0.243 e. The molecular formula is C35H45N7O9. The van der Waals surface area contributed by atoms with Crippen LogP contribution in [-0.4, -0.2) is 91.1 Å². The van der Waals surface area contributed by atoms with E-state index in [1.807, 2.05) is 13.8 Å². The molecule has 274 valence electrons. The Bertz CT molecular complexity index is 1580.